The quantitative estimate of drug-likeness (QED) is 0.204. The third-order valence-electron chi connectivity index (χ3n) is 9.50. The van der Waals surface area contributed by atoms with Gasteiger partial charge in [0.05, 0.1) is 37.5 Å². The molecule has 1 saturated carbocycles. The number of hydrogen-bond donors (Lipinski definition) is 2. The molecule has 46 heavy (non-hydrogen) atoms. The molecule has 3 heterocycles. The second-order valence-electron chi connectivity index (χ2n) is 12.5. The first-order valence-corrected chi connectivity index (χ1v) is 15.7. The monoisotopic (exact) mass is 639 g/mol. The number of ether oxygens (including phenoxy) is 4. The lowest BCUT2D eigenvalue weighted by atomic mass is 9.72. The summed E-state index contributed by atoms with van der Waals surface area (Å²) in [5.41, 5.74) is 1.35. The largest absolute Gasteiger partial charge is 0.507 e. The molecule has 4 fully saturated rings. The second-order valence-corrected chi connectivity index (χ2v) is 12.5. The molecule has 2 atom stereocenters. The van der Waals surface area contributed by atoms with Crippen LogP contribution in [-0.4, -0.2) is 84.6 Å². The van der Waals surface area contributed by atoms with E-state index in [4.69, 9.17) is 18.9 Å². The molecular weight excluding hydrogens is 598 g/mol. The lowest BCUT2D eigenvalue weighted by Gasteiger charge is -2.46. The van der Waals surface area contributed by atoms with Crippen molar-refractivity contribution in [1.29, 1.82) is 0 Å². The first kappa shape index (κ1) is 33.1. The summed E-state index contributed by atoms with van der Waals surface area (Å²) in [4.78, 5) is 50.8. The Bertz CT molecular complexity index is 1400. The molecule has 2 bridgehead atoms. The number of benzene rings is 2. The Hall–Kier alpha value is -4.23. The summed E-state index contributed by atoms with van der Waals surface area (Å²) < 4.78 is 22.3. The Balaban J connectivity index is 1.22. The van der Waals surface area contributed by atoms with Crippen molar-refractivity contribution in [1.82, 2.24) is 10.2 Å². The number of nitro groups is 1. The lowest BCUT2D eigenvalue weighted by Crippen LogP contribution is -2.56. The van der Waals surface area contributed by atoms with Gasteiger partial charge >= 0.3 is 12.1 Å². The number of nitrogens with zero attached hydrogens (tertiary/aromatic N) is 2. The Morgan fingerprint density at radius 1 is 1.11 bits per heavy atom. The predicted molar refractivity (Wildman–Crippen MR) is 164 cm³/mol. The molecule has 0 aromatic heterocycles. The molecule has 2 amide bonds. The number of methoxy groups -OCH3 is 1. The van der Waals surface area contributed by atoms with Crippen molar-refractivity contribution < 1.29 is 43.4 Å². The molecule has 2 aromatic rings. The minimum absolute atomic E-state index is 0.0638. The van der Waals surface area contributed by atoms with Crippen molar-refractivity contribution >= 4 is 23.7 Å². The van der Waals surface area contributed by atoms with Gasteiger partial charge in [-0.25, -0.2) is 9.59 Å². The predicted octanol–water partition coefficient (Wildman–Crippen LogP) is 4.45. The molecular formula is C33H41N3O10. The number of nitrogens with one attached hydrogen (secondary N) is 1. The maximum absolute atomic E-state index is 13.9. The molecule has 2 aromatic carbocycles. The van der Waals surface area contributed by atoms with Gasteiger partial charge in [0.2, 0.25) is 5.91 Å². The van der Waals surface area contributed by atoms with Crippen LogP contribution in [0.25, 0.3) is 0 Å². The zero-order chi connectivity index (χ0) is 32.8. The Morgan fingerprint density at radius 2 is 1.80 bits per heavy atom. The van der Waals surface area contributed by atoms with E-state index in [0.717, 1.165) is 31.2 Å². The van der Waals surface area contributed by atoms with Gasteiger partial charge in [-0.1, -0.05) is 6.07 Å². The fourth-order valence-corrected chi connectivity index (χ4v) is 6.53. The van der Waals surface area contributed by atoms with Crippen LogP contribution in [0.15, 0.2) is 42.5 Å². The minimum Gasteiger partial charge on any atom is -0.507 e. The lowest BCUT2D eigenvalue weighted by molar-refractivity contribution is -0.384. The van der Waals surface area contributed by atoms with Crippen LogP contribution in [0.4, 0.5) is 10.5 Å². The van der Waals surface area contributed by atoms with E-state index in [1.54, 1.807) is 30.0 Å². The van der Waals surface area contributed by atoms with Gasteiger partial charge in [-0.05, 0) is 86.8 Å². The van der Waals surface area contributed by atoms with Gasteiger partial charge in [0.15, 0.2) is 0 Å². The number of amides is 2. The third-order valence-corrected chi connectivity index (χ3v) is 9.50. The van der Waals surface area contributed by atoms with Crippen molar-refractivity contribution in [2.75, 3.05) is 33.4 Å². The molecule has 0 unspecified atom stereocenters. The normalized spacial score (nSPS) is 22.5. The number of nitro benzene ring substituents is 1. The number of alkyl carbamates (subject to hydrolysis) is 1. The average molecular weight is 640 g/mol. The van der Waals surface area contributed by atoms with Gasteiger partial charge in [-0.3, -0.25) is 14.9 Å². The number of esters is 1. The van der Waals surface area contributed by atoms with Crippen LogP contribution in [0.3, 0.4) is 0 Å². The van der Waals surface area contributed by atoms with Gasteiger partial charge < -0.3 is 34.3 Å². The molecule has 1 aliphatic carbocycles. The highest BCUT2D eigenvalue weighted by Crippen LogP contribution is 2.43. The summed E-state index contributed by atoms with van der Waals surface area (Å²) >= 11 is 0. The van der Waals surface area contributed by atoms with Gasteiger partial charge in [0.1, 0.15) is 24.0 Å². The smallest absolute Gasteiger partial charge is 0.408 e. The number of aromatic hydroxyl groups is 1. The number of carbonyl (C=O) groups is 3. The standard InChI is InChI=1S/C33H41N3O10/c1-21(45-19-33-13-9-26(10-14-33)46-20-33)29(34-32(40)44-18-22-3-6-25(7-4-22)36(41)42)30(38)35-15-11-23(12-16-35)24-5-8-27(28(37)17-24)31(39)43-2/h3-8,17,21,23,26,29,37H,9-16,18-20H2,1-2H3,(H,34,40)/t21-,26?,29+,33?/m1/s1. The summed E-state index contributed by atoms with van der Waals surface area (Å²) in [5, 5.41) is 24.0. The number of carbonyl (C=O) groups excluding carboxylic acids is 3. The van der Waals surface area contributed by atoms with E-state index in [1.165, 1.54) is 31.4 Å². The number of likely N-dealkylation sites (tertiary alicyclic amines) is 1. The third kappa shape index (κ3) is 7.76. The van der Waals surface area contributed by atoms with Crippen LogP contribution in [-0.2, 0) is 30.3 Å². The zero-order valence-electron chi connectivity index (χ0n) is 26.1. The molecule has 248 valence electrons. The van der Waals surface area contributed by atoms with Gasteiger partial charge in [0.25, 0.3) is 5.69 Å². The molecule has 3 aliphatic heterocycles. The second kappa shape index (κ2) is 14.5. The summed E-state index contributed by atoms with van der Waals surface area (Å²) in [6.45, 7) is 3.52. The van der Waals surface area contributed by atoms with Crippen LogP contribution in [0.2, 0.25) is 0 Å². The first-order valence-electron chi connectivity index (χ1n) is 15.7. The molecule has 3 saturated heterocycles. The topological polar surface area (TPSA) is 167 Å². The zero-order valence-corrected chi connectivity index (χ0v) is 26.1. The van der Waals surface area contributed by atoms with E-state index < -0.39 is 29.1 Å². The van der Waals surface area contributed by atoms with Crippen molar-refractivity contribution in [2.45, 2.75) is 76.2 Å². The molecule has 6 rings (SSSR count). The van der Waals surface area contributed by atoms with Crippen molar-refractivity contribution in [3.8, 4) is 5.75 Å². The fourth-order valence-electron chi connectivity index (χ4n) is 6.53. The van der Waals surface area contributed by atoms with E-state index in [0.29, 0.717) is 50.8 Å². The van der Waals surface area contributed by atoms with E-state index in [9.17, 15) is 29.6 Å². The molecule has 4 aliphatic rings. The number of fused-ring (bicyclic) bond motifs is 3. The van der Waals surface area contributed by atoms with E-state index in [1.807, 2.05) is 0 Å². The highest BCUT2D eigenvalue weighted by Gasteiger charge is 2.43. The minimum atomic E-state index is -1.01. The van der Waals surface area contributed by atoms with Gasteiger partial charge in [0, 0.05) is 30.6 Å². The molecule has 0 spiro atoms. The average Bonchev–Trinajstić information content (AvgIpc) is 3.09. The van der Waals surface area contributed by atoms with Gasteiger partial charge in [-0.15, -0.1) is 0 Å². The van der Waals surface area contributed by atoms with Crippen LogP contribution in [0.1, 0.15) is 72.9 Å². The summed E-state index contributed by atoms with van der Waals surface area (Å²) in [6, 6.07) is 9.56. The van der Waals surface area contributed by atoms with Gasteiger partial charge in [-0.2, -0.15) is 0 Å². The molecule has 13 nitrogen and oxygen atoms in total. The molecule has 13 heteroatoms. The summed E-state index contributed by atoms with van der Waals surface area (Å²) in [5.74, 6) is -0.993. The number of hydrogen-bond acceptors (Lipinski definition) is 10. The maximum Gasteiger partial charge on any atom is 0.408 e. The van der Waals surface area contributed by atoms with Crippen molar-refractivity contribution in [2.24, 2.45) is 5.41 Å². The Kier molecular flexibility index (Phi) is 10.4. The number of non-ortho nitro benzene ring substituents is 1. The molecule has 0 radical (unpaired) electrons. The maximum atomic E-state index is 13.9. The SMILES string of the molecule is COC(=O)c1ccc(C2CCN(C(=O)[C@@H](NC(=O)OCc3ccc([N+](=O)[O-])cc3)[C@@H](C)OCC34CCC(CC3)OC4)CC2)cc1O. The van der Waals surface area contributed by atoms with Crippen LogP contribution in [0.5, 0.6) is 5.75 Å². The van der Waals surface area contributed by atoms with Crippen LogP contribution < -0.4 is 5.32 Å². The summed E-state index contributed by atoms with van der Waals surface area (Å²) in [6.07, 6.45) is 4.08. The highest BCUT2D eigenvalue weighted by atomic mass is 16.6. The van der Waals surface area contributed by atoms with Crippen molar-refractivity contribution in [3.05, 3.63) is 69.3 Å². The summed E-state index contributed by atoms with van der Waals surface area (Å²) in [7, 11) is 1.25. The van der Waals surface area contributed by atoms with Crippen LogP contribution in [0, 0.1) is 15.5 Å². The number of phenols is 1. The number of rotatable bonds is 11. The Morgan fingerprint density at radius 3 is 2.39 bits per heavy atom. The number of piperidine rings is 1. The molecule has 2 N–H and O–H groups in total. The highest BCUT2D eigenvalue weighted by molar-refractivity contribution is 5.92. The van der Waals surface area contributed by atoms with E-state index in [2.05, 4.69) is 5.32 Å². The van der Waals surface area contributed by atoms with Crippen LogP contribution >= 0.6 is 0 Å². The van der Waals surface area contributed by atoms with Crippen molar-refractivity contribution in [3.63, 3.8) is 0 Å². The fraction of sp³-hybridized carbons (Fsp3) is 0.545. The Labute approximate surface area is 267 Å². The van der Waals surface area contributed by atoms with E-state index in [-0.39, 0.29) is 40.8 Å². The number of phenolic OH excluding ortho intramolecular Hbond substituents is 1. The van der Waals surface area contributed by atoms with E-state index >= 15 is 0 Å². The first-order chi connectivity index (χ1) is 22.1.